The molecular weight excluding hydrogens is 300 g/mol. The van der Waals surface area contributed by atoms with Crippen LogP contribution in [0.15, 0.2) is 36.8 Å². The Hall–Kier alpha value is -2.40. The zero-order valence-electron chi connectivity index (χ0n) is 14.1. The van der Waals surface area contributed by atoms with Crippen molar-refractivity contribution in [3.8, 4) is 0 Å². The van der Waals surface area contributed by atoms with Gasteiger partial charge in [-0.2, -0.15) is 0 Å². The van der Waals surface area contributed by atoms with Gasteiger partial charge in [-0.3, -0.25) is 4.98 Å². The van der Waals surface area contributed by atoms with Crippen LogP contribution in [0.3, 0.4) is 0 Å². The standard InChI is InChI=1S/C19H22N4O/c1-13-3-7-20-14(2)18(13)22-19-16-6-10-23(17(16)4-8-21-19)9-5-15-11-24-12-15/h3-4,6-8,10,15H,5,9,11-12H2,1-2H3,(H,21,22). The molecular formula is C19H22N4O. The van der Waals surface area contributed by atoms with Gasteiger partial charge in [0, 0.05) is 36.4 Å². The number of aryl methyl sites for hydroxylation is 3. The minimum Gasteiger partial charge on any atom is -0.381 e. The van der Waals surface area contributed by atoms with Crippen molar-refractivity contribution in [3.63, 3.8) is 0 Å². The van der Waals surface area contributed by atoms with Gasteiger partial charge in [0.2, 0.25) is 0 Å². The minimum absolute atomic E-state index is 0.711. The summed E-state index contributed by atoms with van der Waals surface area (Å²) >= 11 is 0. The van der Waals surface area contributed by atoms with Crippen LogP contribution < -0.4 is 5.32 Å². The Balaban J connectivity index is 1.63. The lowest BCUT2D eigenvalue weighted by Gasteiger charge is -2.26. The van der Waals surface area contributed by atoms with E-state index in [1.54, 1.807) is 0 Å². The van der Waals surface area contributed by atoms with E-state index >= 15 is 0 Å². The van der Waals surface area contributed by atoms with E-state index in [4.69, 9.17) is 4.74 Å². The number of pyridine rings is 2. The zero-order chi connectivity index (χ0) is 16.5. The summed E-state index contributed by atoms with van der Waals surface area (Å²) in [6, 6.07) is 6.24. The highest BCUT2D eigenvalue weighted by Crippen LogP contribution is 2.28. The Labute approximate surface area is 141 Å². The van der Waals surface area contributed by atoms with E-state index in [2.05, 4.69) is 45.1 Å². The lowest BCUT2D eigenvalue weighted by Crippen LogP contribution is -2.28. The average molecular weight is 322 g/mol. The molecule has 5 heteroatoms. The maximum absolute atomic E-state index is 5.26. The van der Waals surface area contributed by atoms with Gasteiger partial charge in [0.15, 0.2) is 0 Å². The molecule has 1 saturated heterocycles. The topological polar surface area (TPSA) is 52.0 Å². The first-order valence-corrected chi connectivity index (χ1v) is 8.43. The van der Waals surface area contributed by atoms with Crippen LogP contribution >= 0.6 is 0 Å². The number of nitrogens with one attached hydrogen (secondary N) is 1. The van der Waals surface area contributed by atoms with Gasteiger partial charge in [0.25, 0.3) is 0 Å². The smallest absolute Gasteiger partial charge is 0.139 e. The summed E-state index contributed by atoms with van der Waals surface area (Å²) in [6.45, 7) is 6.94. The fraction of sp³-hybridized carbons (Fsp3) is 0.368. The molecule has 0 aliphatic carbocycles. The summed E-state index contributed by atoms with van der Waals surface area (Å²) in [5.74, 6) is 1.60. The highest BCUT2D eigenvalue weighted by atomic mass is 16.5. The molecule has 1 N–H and O–H groups in total. The molecule has 4 heterocycles. The van der Waals surface area contributed by atoms with Gasteiger partial charge in [0.1, 0.15) is 5.82 Å². The Bertz CT molecular complexity index is 847. The van der Waals surface area contributed by atoms with Gasteiger partial charge in [0.05, 0.1) is 30.1 Å². The molecule has 0 radical (unpaired) electrons. The van der Waals surface area contributed by atoms with Crippen LogP contribution in [0.1, 0.15) is 17.7 Å². The van der Waals surface area contributed by atoms with Crippen molar-refractivity contribution in [3.05, 3.63) is 48.0 Å². The molecule has 5 nitrogen and oxygen atoms in total. The molecule has 0 bridgehead atoms. The second kappa shape index (κ2) is 6.24. The molecule has 4 rings (SSSR count). The Kier molecular flexibility index (Phi) is 3.94. The number of hydrogen-bond acceptors (Lipinski definition) is 4. The Morgan fingerprint density at radius 1 is 1.17 bits per heavy atom. The van der Waals surface area contributed by atoms with Crippen LogP contribution in [0, 0.1) is 19.8 Å². The molecule has 0 amide bonds. The molecule has 1 aliphatic rings. The van der Waals surface area contributed by atoms with E-state index in [1.807, 2.05) is 25.4 Å². The van der Waals surface area contributed by atoms with Crippen LogP contribution in [-0.4, -0.2) is 27.7 Å². The first-order chi connectivity index (χ1) is 11.7. The number of fused-ring (bicyclic) bond motifs is 1. The third-order valence-corrected chi connectivity index (χ3v) is 4.78. The van der Waals surface area contributed by atoms with Gasteiger partial charge >= 0.3 is 0 Å². The molecule has 0 aromatic carbocycles. The fourth-order valence-electron chi connectivity index (χ4n) is 3.19. The molecule has 3 aromatic heterocycles. The van der Waals surface area contributed by atoms with Crippen molar-refractivity contribution in [2.75, 3.05) is 18.5 Å². The van der Waals surface area contributed by atoms with Crippen LogP contribution in [0.25, 0.3) is 10.9 Å². The first-order valence-electron chi connectivity index (χ1n) is 8.43. The molecule has 0 unspecified atom stereocenters. The van der Waals surface area contributed by atoms with E-state index in [1.165, 1.54) is 11.1 Å². The van der Waals surface area contributed by atoms with Gasteiger partial charge in [-0.15, -0.1) is 0 Å². The number of nitrogens with zero attached hydrogens (tertiary/aromatic N) is 3. The predicted octanol–water partition coefficient (Wildman–Crippen LogP) is 3.83. The summed E-state index contributed by atoms with van der Waals surface area (Å²) in [5, 5.41) is 4.62. The lowest BCUT2D eigenvalue weighted by atomic mass is 10.0. The largest absolute Gasteiger partial charge is 0.381 e. The summed E-state index contributed by atoms with van der Waals surface area (Å²) in [7, 11) is 0. The minimum atomic E-state index is 0.711. The second-order valence-corrected chi connectivity index (χ2v) is 6.51. The van der Waals surface area contributed by atoms with E-state index < -0.39 is 0 Å². The van der Waals surface area contributed by atoms with Gasteiger partial charge < -0.3 is 14.6 Å². The maximum atomic E-state index is 5.26. The summed E-state index contributed by atoms with van der Waals surface area (Å²) in [4.78, 5) is 8.93. The van der Waals surface area contributed by atoms with E-state index in [0.29, 0.717) is 5.92 Å². The average Bonchev–Trinajstić information content (AvgIpc) is 2.94. The number of aromatic nitrogens is 3. The summed E-state index contributed by atoms with van der Waals surface area (Å²) < 4.78 is 7.57. The van der Waals surface area contributed by atoms with E-state index in [0.717, 1.165) is 48.8 Å². The van der Waals surface area contributed by atoms with Crippen molar-refractivity contribution in [1.82, 2.24) is 14.5 Å². The van der Waals surface area contributed by atoms with Gasteiger partial charge in [-0.1, -0.05) is 0 Å². The molecule has 1 aliphatic heterocycles. The molecule has 0 atom stereocenters. The molecule has 3 aromatic rings. The van der Waals surface area contributed by atoms with Crippen LogP contribution in [0.4, 0.5) is 11.5 Å². The highest BCUT2D eigenvalue weighted by molar-refractivity contribution is 5.92. The summed E-state index contributed by atoms with van der Waals surface area (Å²) in [6.07, 6.45) is 7.02. The van der Waals surface area contributed by atoms with Crippen LogP contribution in [-0.2, 0) is 11.3 Å². The van der Waals surface area contributed by atoms with Gasteiger partial charge in [-0.05, 0) is 44.0 Å². The molecule has 24 heavy (non-hydrogen) atoms. The number of rotatable bonds is 5. The SMILES string of the molecule is Cc1ccnc(C)c1Nc1nccc2c1ccn2CCC1COC1. The maximum Gasteiger partial charge on any atom is 0.139 e. The van der Waals surface area contributed by atoms with Crippen molar-refractivity contribution in [2.45, 2.75) is 26.8 Å². The fourth-order valence-corrected chi connectivity index (χ4v) is 3.19. The third-order valence-electron chi connectivity index (χ3n) is 4.78. The van der Waals surface area contributed by atoms with Crippen molar-refractivity contribution in [2.24, 2.45) is 5.92 Å². The lowest BCUT2D eigenvalue weighted by molar-refractivity contribution is -0.0370. The molecule has 1 fully saturated rings. The van der Waals surface area contributed by atoms with Crippen LogP contribution in [0.2, 0.25) is 0 Å². The van der Waals surface area contributed by atoms with E-state index in [9.17, 15) is 0 Å². The Morgan fingerprint density at radius 2 is 2.00 bits per heavy atom. The number of ether oxygens (including phenoxy) is 1. The summed E-state index contributed by atoms with van der Waals surface area (Å²) in [5.41, 5.74) is 4.41. The Morgan fingerprint density at radius 3 is 2.75 bits per heavy atom. The first kappa shape index (κ1) is 15.1. The second-order valence-electron chi connectivity index (χ2n) is 6.51. The van der Waals surface area contributed by atoms with E-state index in [-0.39, 0.29) is 0 Å². The number of anilines is 2. The number of hydrogen-bond donors (Lipinski definition) is 1. The van der Waals surface area contributed by atoms with Crippen LogP contribution in [0.5, 0.6) is 0 Å². The normalized spacial score (nSPS) is 14.8. The van der Waals surface area contributed by atoms with Crippen molar-refractivity contribution in [1.29, 1.82) is 0 Å². The molecule has 0 saturated carbocycles. The molecule has 124 valence electrons. The monoisotopic (exact) mass is 322 g/mol. The third kappa shape index (κ3) is 2.76. The quantitative estimate of drug-likeness (QED) is 0.775. The highest BCUT2D eigenvalue weighted by Gasteiger charge is 2.18. The zero-order valence-corrected chi connectivity index (χ0v) is 14.1. The predicted molar refractivity (Wildman–Crippen MR) is 95.7 cm³/mol. The van der Waals surface area contributed by atoms with Gasteiger partial charge in [-0.25, -0.2) is 4.98 Å². The van der Waals surface area contributed by atoms with Crippen molar-refractivity contribution >= 4 is 22.4 Å². The molecule has 0 spiro atoms. The van der Waals surface area contributed by atoms with Crippen molar-refractivity contribution < 1.29 is 4.74 Å².